The van der Waals surface area contributed by atoms with Crippen molar-refractivity contribution in [3.63, 3.8) is 0 Å². The summed E-state index contributed by atoms with van der Waals surface area (Å²) < 4.78 is 10.5. The van der Waals surface area contributed by atoms with Crippen LogP contribution in [0.2, 0.25) is 0 Å². The van der Waals surface area contributed by atoms with Crippen LogP contribution >= 0.6 is 0 Å². The Labute approximate surface area is 120 Å². The zero-order chi connectivity index (χ0) is 15.1. The van der Waals surface area contributed by atoms with Crippen molar-refractivity contribution in [2.24, 2.45) is 0 Å². The average Bonchev–Trinajstić information content (AvgIpc) is 2.52. The van der Waals surface area contributed by atoms with Gasteiger partial charge in [-0.1, -0.05) is 0 Å². The molecular formula is C14H15N3O4. The van der Waals surface area contributed by atoms with E-state index in [1.165, 1.54) is 12.1 Å². The number of rotatable bonds is 6. The van der Waals surface area contributed by atoms with Gasteiger partial charge in [0, 0.05) is 6.07 Å². The van der Waals surface area contributed by atoms with Crippen molar-refractivity contribution in [2.75, 3.05) is 20.3 Å². The second-order valence-electron chi connectivity index (χ2n) is 4.09. The number of carbonyl (C=O) groups excluding carboxylic acids is 1. The van der Waals surface area contributed by atoms with Gasteiger partial charge in [-0.15, -0.1) is 0 Å². The Morgan fingerprint density at radius 1 is 1.19 bits per heavy atom. The monoisotopic (exact) mass is 289 g/mol. The molecular weight excluding hydrogens is 274 g/mol. The van der Waals surface area contributed by atoms with Crippen LogP contribution in [-0.4, -0.2) is 36.4 Å². The predicted molar refractivity (Wildman–Crippen MR) is 75.7 cm³/mol. The van der Waals surface area contributed by atoms with E-state index >= 15 is 0 Å². The molecule has 7 heteroatoms. The number of ether oxygens (including phenoxy) is 2. The third kappa shape index (κ3) is 4.34. The van der Waals surface area contributed by atoms with Gasteiger partial charge in [0.1, 0.15) is 23.8 Å². The van der Waals surface area contributed by atoms with Crippen molar-refractivity contribution in [1.29, 1.82) is 0 Å². The number of nitrogens with one attached hydrogen (secondary N) is 2. The van der Waals surface area contributed by atoms with Crippen molar-refractivity contribution < 1.29 is 14.3 Å². The van der Waals surface area contributed by atoms with Crippen LogP contribution in [0.4, 0.5) is 0 Å². The molecule has 0 radical (unpaired) electrons. The molecule has 0 aliphatic heterocycles. The molecule has 2 rings (SSSR count). The highest BCUT2D eigenvalue weighted by molar-refractivity contribution is 5.91. The molecule has 0 saturated heterocycles. The topological polar surface area (TPSA) is 93.3 Å². The van der Waals surface area contributed by atoms with E-state index in [-0.39, 0.29) is 17.2 Å². The Morgan fingerprint density at radius 3 is 2.52 bits per heavy atom. The first-order valence-electron chi connectivity index (χ1n) is 6.30. The van der Waals surface area contributed by atoms with Gasteiger partial charge in [0.2, 0.25) is 0 Å². The van der Waals surface area contributed by atoms with Crippen molar-refractivity contribution >= 4 is 5.91 Å². The third-order valence-electron chi connectivity index (χ3n) is 2.63. The number of aromatic nitrogens is 2. The average molecular weight is 289 g/mol. The molecule has 7 nitrogen and oxygen atoms in total. The van der Waals surface area contributed by atoms with Crippen LogP contribution in [0.3, 0.4) is 0 Å². The highest BCUT2D eigenvalue weighted by atomic mass is 16.5. The molecule has 0 bridgehead atoms. The summed E-state index contributed by atoms with van der Waals surface area (Å²) >= 11 is 0. The molecule has 0 aliphatic carbocycles. The van der Waals surface area contributed by atoms with E-state index in [2.05, 4.69) is 15.5 Å². The lowest BCUT2D eigenvalue weighted by Gasteiger charge is -2.08. The van der Waals surface area contributed by atoms with Crippen LogP contribution in [0.25, 0.3) is 0 Å². The third-order valence-corrected chi connectivity index (χ3v) is 2.63. The van der Waals surface area contributed by atoms with Gasteiger partial charge in [0.05, 0.1) is 13.7 Å². The molecule has 1 amide bonds. The molecule has 0 spiro atoms. The van der Waals surface area contributed by atoms with Gasteiger partial charge < -0.3 is 14.8 Å². The lowest BCUT2D eigenvalue weighted by molar-refractivity contribution is 0.0941. The van der Waals surface area contributed by atoms with Gasteiger partial charge in [0.25, 0.3) is 11.5 Å². The summed E-state index contributed by atoms with van der Waals surface area (Å²) in [5.74, 6) is 1.07. The van der Waals surface area contributed by atoms with Gasteiger partial charge in [-0.05, 0) is 30.3 Å². The summed E-state index contributed by atoms with van der Waals surface area (Å²) in [6.07, 6.45) is 0. The molecule has 2 aromatic rings. The number of carbonyl (C=O) groups is 1. The molecule has 0 atom stereocenters. The Bertz CT molecular complexity index is 632. The molecule has 21 heavy (non-hydrogen) atoms. The molecule has 0 aliphatic rings. The van der Waals surface area contributed by atoms with Gasteiger partial charge in [-0.3, -0.25) is 9.59 Å². The number of nitrogens with zero attached hydrogens (tertiary/aromatic N) is 1. The van der Waals surface area contributed by atoms with Crippen molar-refractivity contribution in [1.82, 2.24) is 15.5 Å². The van der Waals surface area contributed by atoms with E-state index in [9.17, 15) is 9.59 Å². The summed E-state index contributed by atoms with van der Waals surface area (Å²) in [5.41, 5.74) is -0.201. The van der Waals surface area contributed by atoms with Crippen molar-refractivity contribution in [3.8, 4) is 11.5 Å². The predicted octanol–water partition coefficient (Wildman–Crippen LogP) is 0.587. The fraction of sp³-hybridized carbons (Fsp3) is 0.214. The number of amides is 1. The highest BCUT2D eigenvalue weighted by Gasteiger charge is 2.06. The number of hydrogen-bond donors (Lipinski definition) is 2. The van der Waals surface area contributed by atoms with E-state index in [4.69, 9.17) is 9.47 Å². The van der Waals surface area contributed by atoms with Gasteiger partial charge in [0.15, 0.2) is 0 Å². The zero-order valence-corrected chi connectivity index (χ0v) is 11.5. The number of hydrogen-bond acceptors (Lipinski definition) is 5. The quantitative estimate of drug-likeness (QED) is 0.759. The Hall–Kier alpha value is -2.83. The van der Waals surface area contributed by atoms with Gasteiger partial charge in [-0.2, -0.15) is 5.10 Å². The largest absolute Gasteiger partial charge is 0.497 e. The minimum Gasteiger partial charge on any atom is -0.497 e. The first-order chi connectivity index (χ1) is 10.2. The van der Waals surface area contributed by atoms with Gasteiger partial charge in [-0.25, -0.2) is 5.10 Å². The standard InChI is InChI=1S/C14H15N3O4/c1-20-10-2-4-11(5-3-10)21-9-8-15-14(19)12-6-7-13(18)17-16-12/h2-7H,8-9H2,1H3,(H,15,19)(H,17,18). The van der Waals surface area contributed by atoms with Crippen LogP contribution in [0.5, 0.6) is 11.5 Å². The maximum Gasteiger partial charge on any atom is 0.271 e. The smallest absolute Gasteiger partial charge is 0.271 e. The van der Waals surface area contributed by atoms with Crippen LogP contribution in [-0.2, 0) is 0 Å². The summed E-state index contributed by atoms with van der Waals surface area (Å²) in [5, 5.41) is 8.47. The maximum absolute atomic E-state index is 11.7. The molecule has 110 valence electrons. The Balaban J connectivity index is 1.75. The zero-order valence-electron chi connectivity index (χ0n) is 11.5. The van der Waals surface area contributed by atoms with Crippen molar-refractivity contribution in [2.45, 2.75) is 0 Å². The lowest BCUT2D eigenvalue weighted by atomic mass is 10.3. The molecule has 0 unspecified atom stereocenters. The number of aromatic amines is 1. The van der Waals surface area contributed by atoms with E-state index in [0.717, 1.165) is 5.75 Å². The minimum absolute atomic E-state index is 0.152. The maximum atomic E-state index is 11.7. The first-order valence-corrected chi connectivity index (χ1v) is 6.30. The molecule has 1 aromatic heterocycles. The van der Waals surface area contributed by atoms with Crippen LogP contribution in [0.1, 0.15) is 10.5 Å². The SMILES string of the molecule is COc1ccc(OCCNC(=O)c2ccc(=O)[nH]n2)cc1. The molecule has 2 N–H and O–H groups in total. The lowest BCUT2D eigenvalue weighted by Crippen LogP contribution is -2.29. The minimum atomic E-state index is -0.371. The number of methoxy groups -OCH3 is 1. The van der Waals surface area contributed by atoms with E-state index in [0.29, 0.717) is 18.9 Å². The van der Waals surface area contributed by atoms with Crippen LogP contribution < -0.4 is 20.3 Å². The Kier molecular flexibility index (Phi) is 4.92. The number of H-pyrrole nitrogens is 1. The number of benzene rings is 1. The van der Waals surface area contributed by atoms with Crippen LogP contribution in [0, 0.1) is 0 Å². The summed E-state index contributed by atoms with van der Waals surface area (Å²) in [7, 11) is 1.59. The molecule has 0 fully saturated rings. The van der Waals surface area contributed by atoms with E-state index in [1.807, 2.05) is 0 Å². The first kappa shape index (κ1) is 14.6. The molecule has 0 saturated carbocycles. The van der Waals surface area contributed by atoms with Crippen LogP contribution in [0.15, 0.2) is 41.2 Å². The highest BCUT2D eigenvalue weighted by Crippen LogP contribution is 2.16. The van der Waals surface area contributed by atoms with Crippen molar-refractivity contribution in [3.05, 3.63) is 52.4 Å². The Morgan fingerprint density at radius 2 is 1.90 bits per heavy atom. The van der Waals surface area contributed by atoms with Gasteiger partial charge >= 0.3 is 0 Å². The molecule has 1 heterocycles. The fourth-order valence-electron chi connectivity index (χ4n) is 1.57. The summed E-state index contributed by atoms with van der Waals surface area (Å²) in [4.78, 5) is 22.5. The van der Waals surface area contributed by atoms with E-state index in [1.54, 1.807) is 31.4 Å². The molecule has 1 aromatic carbocycles. The normalized spacial score (nSPS) is 9.95. The second kappa shape index (κ2) is 7.09. The summed E-state index contributed by atoms with van der Waals surface area (Å²) in [6, 6.07) is 9.75. The summed E-state index contributed by atoms with van der Waals surface area (Å²) in [6.45, 7) is 0.646. The fourth-order valence-corrected chi connectivity index (χ4v) is 1.57. The van der Waals surface area contributed by atoms with E-state index < -0.39 is 0 Å². The second-order valence-corrected chi connectivity index (χ2v) is 4.09.